The normalized spacial score (nSPS) is 12.7. The van der Waals surface area contributed by atoms with Crippen LogP contribution < -0.4 is 4.72 Å². The Morgan fingerprint density at radius 1 is 1.28 bits per heavy atom. The van der Waals surface area contributed by atoms with Crippen molar-refractivity contribution >= 4 is 26.0 Å². The molecule has 0 aromatic heterocycles. The van der Waals surface area contributed by atoms with E-state index >= 15 is 0 Å². The van der Waals surface area contributed by atoms with Crippen molar-refractivity contribution in [1.29, 1.82) is 0 Å². The van der Waals surface area contributed by atoms with Crippen LogP contribution in [0.5, 0.6) is 0 Å². The zero-order valence-corrected chi connectivity index (χ0v) is 12.9. The molecule has 0 spiro atoms. The Morgan fingerprint density at radius 3 is 2.28 bits per heavy atom. The highest BCUT2D eigenvalue weighted by Crippen LogP contribution is 2.16. The van der Waals surface area contributed by atoms with Gasteiger partial charge in [0.1, 0.15) is 0 Å². The second-order valence-electron chi connectivity index (χ2n) is 4.92. The van der Waals surface area contributed by atoms with Gasteiger partial charge in [-0.25, -0.2) is 13.1 Å². The molecular weight excluding hydrogens is 318 g/mol. The number of nitrogens with one attached hydrogen (secondary N) is 1. The molecule has 0 fully saturated rings. The average molecular weight is 336 g/mol. The zero-order chi connectivity index (χ0) is 13.8. The van der Waals surface area contributed by atoms with Gasteiger partial charge in [0.05, 0.1) is 4.90 Å². The summed E-state index contributed by atoms with van der Waals surface area (Å²) in [6, 6.07) is 6.68. The monoisotopic (exact) mass is 335 g/mol. The number of benzene rings is 1. The summed E-state index contributed by atoms with van der Waals surface area (Å²) in [7, 11) is -3.50. The summed E-state index contributed by atoms with van der Waals surface area (Å²) in [4.78, 5) is 0.237. The molecule has 1 aromatic carbocycles. The average Bonchev–Trinajstić information content (AvgIpc) is 2.37. The Morgan fingerprint density at radius 2 is 1.83 bits per heavy atom. The van der Waals surface area contributed by atoms with Crippen molar-refractivity contribution in [2.75, 3.05) is 13.2 Å². The van der Waals surface area contributed by atoms with Crippen LogP contribution in [0.2, 0.25) is 0 Å². The SMILES string of the molecule is CC(C)(CO)CNS(=O)(=O)c1ccc(CBr)cc1. The second-order valence-corrected chi connectivity index (χ2v) is 7.25. The van der Waals surface area contributed by atoms with Gasteiger partial charge in [0.15, 0.2) is 0 Å². The Balaban J connectivity index is 2.80. The Bertz CT molecular complexity index is 483. The van der Waals surface area contributed by atoms with Crippen LogP contribution >= 0.6 is 15.9 Å². The topological polar surface area (TPSA) is 66.4 Å². The van der Waals surface area contributed by atoms with Gasteiger partial charge in [0.25, 0.3) is 0 Å². The van der Waals surface area contributed by atoms with E-state index in [-0.39, 0.29) is 18.0 Å². The number of hydrogen-bond donors (Lipinski definition) is 2. The van der Waals surface area contributed by atoms with Gasteiger partial charge in [0, 0.05) is 23.9 Å². The number of rotatable bonds is 6. The van der Waals surface area contributed by atoms with Crippen molar-refractivity contribution in [3.63, 3.8) is 0 Å². The predicted octanol–water partition coefficient (Wildman–Crippen LogP) is 1.88. The molecule has 0 heterocycles. The van der Waals surface area contributed by atoms with Crippen LogP contribution in [0.1, 0.15) is 19.4 Å². The fourth-order valence-corrected chi connectivity index (χ4v) is 2.80. The minimum atomic E-state index is -3.50. The van der Waals surface area contributed by atoms with Crippen LogP contribution in [0.15, 0.2) is 29.2 Å². The number of halogens is 1. The van der Waals surface area contributed by atoms with Crippen LogP contribution in [-0.4, -0.2) is 26.7 Å². The summed E-state index contributed by atoms with van der Waals surface area (Å²) in [6.07, 6.45) is 0. The standard InChI is InChI=1S/C12H18BrNO3S/c1-12(2,9-15)8-14-18(16,17)11-5-3-10(7-13)4-6-11/h3-6,14-15H,7-9H2,1-2H3. The van der Waals surface area contributed by atoms with E-state index in [1.165, 1.54) is 0 Å². The third kappa shape index (κ3) is 4.35. The molecule has 4 nitrogen and oxygen atoms in total. The first kappa shape index (κ1) is 15.6. The van der Waals surface area contributed by atoms with Gasteiger partial charge in [-0.05, 0) is 17.7 Å². The van der Waals surface area contributed by atoms with Crippen molar-refractivity contribution in [1.82, 2.24) is 4.72 Å². The van der Waals surface area contributed by atoms with Gasteiger partial charge in [-0.3, -0.25) is 0 Å². The van der Waals surface area contributed by atoms with Gasteiger partial charge in [-0.15, -0.1) is 0 Å². The van der Waals surface area contributed by atoms with Crippen LogP contribution in [0, 0.1) is 5.41 Å². The maximum Gasteiger partial charge on any atom is 0.240 e. The van der Waals surface area contributed by atoms with Crippen LogP contribution in [0.4, 0.5) is 0 Å². The second kappa shape index (κ2) is 6.14. The summed E-state index contributed by atoms with van der Waals surface area (Å²) >= 11 is 3.31. The van der Waals surface area contributed by atoms with Crippen LogP contribution in [0.25, 0.3) is 0 Å². The van der Waals surface area contributed by atoms with Crippen molar-refractivity contribution in [3.05, 3.63) is 29.8 Å². The van der Waals surface area contributed by atoms with E-state index in [0.717, 1.165) is 5.56 Å². The molecule has 0 saturated heterocycles. The van der Waals surface area contributed by atoms with Crippen LogP contribution in [-0.2, 0) is 15.4 Å². The molecule has 0 bridgehead atoms. The molecule has 0 saturated carbocycles. The van der Waals surface area contributed by atoms with Crippen molar-refractivity contribution in [2.24, 2.45) is 5.41 Å². The molecule has 0 atom stereocenters. The Hall–Kier alpha value is -0.430. The number of hydrogen-bond acceptors (Lipinski definition) is 3. The van der Waals surface area contributed by atoms with Crippen molar-refractivity contribution in [3.8, 4) is 0 Å². The number of alkyl halides is 1. The quantitative estimate of drug-likeness (QED) is 0.780. The lowest BCUT2D eigenvalue weighted by Crippen LogP contribution is -2.36. The molecule has 0 amide bonds. The molecule has 1 aromatic rings. The molecule has 0 radical (unpaired) electrons. The molecular formula is C12H18BrNO3S. The molecule has 1 rings (SSSR count). The third-order valence-electron chi connectivity index (χ3n) is 2.56. The summed E-state index contributed by atoms with van der Waals surface area (Å²) in [5, 5.41) is 9.78. The summed E-state index contributed by atoms with van der Waals surface area (Å²) < 4.78 is 26.5. The Labute approximate surface area is 117 Å². The third-order valence-corrected chi connectivity index (χ3v) is 4.62. The van der Waals surface area contributed by atoms with E-state index in [2.05, 4.69) is 20.7 Å². The first-order valence-corrected chi connectivity index (χ1v) is 8.17. The number of aliphatic hydroxyl groups excluding tert-OH is 1. The van der Waals surface area contributed by atoms with E-state index in [4.69, 9.17) is 5.11 Å². The van der Waals surface area contributed by atoms with E-state index < -0.39 is 15.4 Å². The zero-order valence-electron chi connectivity index (χ0n) is 10.5. The van der Waals surface area contributed by atoms with Gasteiger partial charge < -0.3 is 5.11 Å². The fourth-order valence-electron chi connectivity index (χ4n) is 1.19. The molecule has 18 heavy (non-hydrogen) atoms. The molecule has 0 aliphatic rings. The lowest BCUT2D eigenvalue weighted by molar-refractivity contribution is 0.163. The highest BCUT2D eigenvalue weighted by atomic mass is 79.9. The first-order valence-electron chi connectivity index (χ1n) is 5.56. The van der Waals surface area contributed by atoms with Gasteiger partial charge in [-0.1, -0.05) is 41.9 Å². The summed E-state index contributed by atoms with van der Waals surface area (Å²) in [5.74, 6) is 0. The van der Waals surface area contributed by atoms with E-state index in [0.29, 0.717) is 5.33 Å². The van der Waals surface area contributed by atoms with E-state index in [1.807, 2.05) is 0 Å². The summed E-state index contributed by atoms with van der Waals surface area (Å²) in [5.41, 5.74) is 0.549. The maximum atomic E-state index is 12.0. The Kier molecular flexibility index (Phi) is 5.33. The van der Waals surface area contributed by atoms with Gasteiger partial charge in [0.2, 0.25) is 10.0 Å². The molecule has 2 N–H and O–H groups in total. The highest BCUT2D eigenvalue weighted by Gasteiger charge is 2.21. The number of aliphatic hydroxyl groups is 1. The highest BCUT2D eigenvalue weighted by molar-refractivity contribution is 9.08. The largest absolute Gasteiger partial charge is 0.396 e. The van der Waals surface area contributed by atoms with Crippen LogP contribution in [0.3, 0.4) is 0 Å². The number of sulfonamides is 1. The molecule has 0 aliphatic heterocycles. The van der Waals surface area contributed by atoms with Crippen molar-refractivity contribution < 1.29 is 13.5 Å². The minimum absolute atomic E-state index is 0.0714. The first-order chi connectivity index (χ1) is 8.30. The maximum absolute atomic E-state index is 12.0. The lowest BCUT2D eigenvalue weighted by Gasteiger charge is -2.21. The fraction of sp³-hybridized carbons (Fsp3) is 0.500. The van der Waals surface area contributed by atoms with Gasteiger partial charge in [-0.2, -0.15) is 0 Å². The molecule has 6 heteroatoms. The molecule has 102 valence electrons. The van der Waals surface area contributed by atoms with Crippen molar-refractivity contribution in [2.45, 2.75) is 24.1 Å². The molecule has 0 unspecified atom stereocenters. The minimum Gasteiger partial charge on any atom is -0.396 e. The summed E-state index contributed by atoms with van der Waals surface area (Å²) in [6.45, 7) is 3.72. The molecule has 0 aliphatic carbocycles. The smallest absolute Gasteiger partial charge is 0.240 e. The lowest BCUT2D eigenvalue weighted by atomic mass is 9.96. The van der Waals surface area contributed by atoms with E-state index in [9.17, 15) is 8.42 Å². The van der Waals surface area contributed by atoms with Gasteiger partial charge >= 0.3 is 0 Å². The van der Waals surface area contributed by atoms with E-state index in [1.54, 1.807) is 38.1 Å². The predicted molar refractivity (Wildman–Crippen MR) is 75.1 cm³/mol.